The van der Waals surface area contributed by atoms with E-state index in [4.69, 9.17) is 0 Å². The van der Waals surface area contributed by atoms with E-state index in [-0.39, 0.29) is 22.6 Å². The summed E-state index contributed by atoms with van der Waals surface area (Å²) in [6.45, 7) is 3.04. The van der Waals surface area contributed by atoms with Crippen molar-refractivity contribution in [2.45, 2.75) is 13.8 Å². The first-order valence-corrected chi connectivity index (χ1v) is 7.79. The third kappa shape index (κ3) is 2.65. The number of hydrogen-bond acceptors (Lipinski definition) is 6. The number of H-pyrrole nitrogens is 1. The first-order valence-electron chi connectivity index (χ1n) is 6.91. The lowest BCUT2D eigenvalue weighted by molar-refractivity contribution is -0.383. The number of rotatable bonds is 4. The molecule has 1 aromatic carbocycles. The molecular weight excluding hydrogens is 332 g/mol. The van der Waals surface area contributed by atoms with Crippen molar-refractivity contribution < 1.29 is 14.5 Å². The topological polar surface area (TPSA) is 118 Å². The number of nitrogens with one attached hydrogen (secondary N) is 2. The fourth-order valence-electron chi connectivity index (χ4n) is 2.59. The third-order valence-electron chi connectivity index (χ3n) is 3.54. The number of aryl methyl sites for hydroxylation is 1. The van der Waals surface area contributed by atoms with Crippen LogP contribution < -0.4 is 5.32 Å². The van der Waals surface area contributed by atoms with Crippen LogP contribution in [-0.2, 0) is 0 Å². The van der Waals surface area contributed by atoms with Crippen LogP contribution >= 0.6 is 11.3 Å². The number of fused-ring (bicyclic) bond motifs is 1. The Balaban J connectivity index is 2.18. The van der Waals surface area contributed by atoms with E-state index >= 15 is 0 Å². The molecule has 0 saturated carbocycles. The van der Waals surface area contributed by atoms with Crippen molar-refractivity contribution in [3.8, 4) is 0 Å². The Morgan fingerprint density at radius 2 is 2.12 bits per heavy atom. The zero-order valence-corrected chi connectivity index (χ0v) is 13.6. The summed E-state index contributed by atoms with van der Waals surface area (Å²) < 4.78 is 0. The van der Waals surface area contributed by atoms with E-state index in [1.54, 1.807) is 12.3 Å². The number of nitrogens with zero attached hydrogens (tertiary/aromatic N) is 2. The summed E-state index contributed by atoms with van der Waals surface area (Å²) in [5.74, 6) is -0.756. The number of aromatic amines is 1. The second-order valence-electron chi connectivity index (χ2n) is 5.15. The highest BCUT2D eigenvalue weighted by Crippen LogP contribution is 2.32. The van der Waals surface area contributed by atoms with Crippen LogP contribution in [0.1, 0.15) is 33.3 Å². The van der Waals surface area contributed by atoms with Gasteiger partial charge in [0.1, 0.15) is 5.52 Å². The Labute approximate surface area is 139 Å². The number of anilines is 1. The summed E-state index contributed by atoms with van der Waals surface area (Å²) in [5.41, 5.74) is 0.932. The van der Waals surface area contributed by atoms with Gasteiger partial charge in [-0.1, -0.05) is 0 Å². The highest BCUT2D eigenvalue weighted by Gasteiger charge is 2.23. The highest BCUT2D eigenvalue weighted by molar-refractivity contribution is 7.13. The Bertz CT molecular complexity index is 975. The molecule has 2 N–H and O–H groups in total. The van der Waals surface area contributed by atoms with Crippen LogP contribution in [-0.4, -0.2) is 26.6 Å². The number of aromatic nitrogens is 2. The van der Waals surface area contributed by atoms with Crippen LogP contribution in [0, 0.1) is 17.0 Å². The number of ketones is 1. The predicted molar refractivity (Wildman–Crippen MR) is 89.8 cm³/mol. The second-order valence-corrected chi connectivity index (χ2v) is 6.04. The molecule has 2 heterocycles. The van der Waals surface area contributed by atoms with E-state index in [0.717, 1.165) is 0 Å². The van der Waals surface area contributed by atoms with E-state index < -0.39 is 10.8 Å². The van der Waals surface area contributed by atoms with Crippen molar-refractivity contribution in [1.29, 1.82) is 0 Å². The Morgan fingerprint density at radius 3 is 2.71 bits per heavy atom. The highest BCUT2D eigenvalue weighted by atomic mass is 32.1. The fourth-order valence-corrected chi connectivity index (χ4v) is 3.11. The first kappa shape index (κ1) is 15.8. The third-order valence-corrected chi connectivity index (χ3v) is 4.23. The molecule has 0 bridgehead atoms. The number of non-ortho nitro benzene ring substituents is 1. The van der Waals surface area contributed by atoms with E-state index in [1.807, 2.05) is 0 Å². The number of hydrogen-bond donors (Lipinski definition) is 2. The standard InChI is InChI=1S/C15H12N4O4S/c1-7-12(8(2)20)10-5-9(6-11(19(22)23)13(10)17-7)14(21)18-15-16-3-4-24-15/h3-6,17H,1-2H3,(H,16,18,21). The zero-order chi connectivity index (χ0) is 17.4. The van der Waals surface area contributed by atoms with Crippen LogP contribution in [0.15, 0.2) is 23.7 Å². The minimum Gasteiger partial charge on any atom is -0.352 e. The van der Waals surface area contributed by atoms with Crippen LogP contribution in [0.2, 0.25) is 0 Å². The van der Waals surface area contributed by atoms with Gasteiger partial charge in [0, 0.05) is 39.9 Å². The molecule has 3 aromatic rings. The Morgan fingerprint density at radius 1 is 1.38 bits per heavy atom. The van der Waals surface area contributed by atoms with E-state index in [0.29, 0.717) is 21.8 Å². The molecule has 9 heteroatoms. The molecule has 0 radical (unpaired) electrons. The molecule has 1 amide bonds. The Hall–Kier alpha value is -3.07. The number of nitro groups is 1. The maximum absolute atomic E-state index is 12.4. The van der Waals surface area contributed by atoms with Gasteiger partial charge in [-0.3, -0.25) is 25.0 Å². The quantitative estimate of drug-likeness (QED) is 0.428. The van der Waals surface area contributed by atoms with Gasteiger partial charge < -0.3 is 4.98 Å². The molecule has 122 valence electrons. The molecule has 0 aliphatic heterocycles. The second kappa shape index (κ2) is 5.85. The molecule has 0 spiro atoms. The van der Waals surface area contributed by atoms with Crippen LogP contribution in [0.3, 0.4) is 0 Å². The molecule has 0 aliphatic carbocycles. The lowest BCUT2D eigenvalue weighted by atomic mass is 10.0. The van der Waals surface area contributed by atoms with Crippen molar-refractivity contribution in [2.24, 2.45) is 0 Å². The molecule has 2 aromatic heterocycles. The zero-order valence-electron chi connectivity index (χ0n) is 12.7. The van der Waals surface area contributed by atoms with Gasteiger partial charge in [0.25, 0.3) is 11.6 Å². The van der Waals surface area contributed by atoms with Crippen molar-refractivity contribution in [3.05, 3.63) is 50.6 Å². The maximum Gasteiger partial charge on any atom is 0.294 e. The van der Waals surface area contributed by atoms with Crippen LogP contribution in [0.4, 0.5) is 10.8 Å². The molecular formula is C15H12N4O4S. The molecule has 3 rings (SSSR count). The fraction of sp³-hybridized carbons (Fsp3) is 0.133. The van der Waals surface area contributed by atoms with Crippen LogP contribution in [0.5, 0.6) is 0 Å². The molecule has 24 heavy (non-hydrogen) atoms. The number of Topliss-reactive ketones (excluding diaryl/α,β-unsaturated/α-hetero) is 1. The van der Waals surface area contributed by atoms with Gasteiger partial charge >= 0.3 is 0 Å². The largest absolute Gasteiger partial charge is 0.352 e. The molecule has 0 unspecified atom stereocenters. The number of amides is 1. The van der Waals surface area contributed by atoms with E-state index in [9.17, 15) is 19.7 Å². The summed E-state index contributed by atoms with van der Waals surface area (Å²) >= 11 is 1.23. The summed E-state index contributed by atoms with van der Waals surface area (Å²) in [6.07, 6.45) is 1.54. The minimum atomic E-state index is -0.581. The molecule has 0 atom stereocenters. The Kier molecular flexibility index (Phi) is 3.86. The molecule has 8 nitrogen and oxygen atoms in total. The predicted octanol–water partition coefficient (Wildman–Crippen LogP) is 3.30. The average molecular weight is 344 g/mol. The normalized spacial score (nSPS) is 10.8. The molecule has 0 saturated heterocycles. The van der Waals surface area contributed by atoms with Gasteiger partial charge in [-0.15, -0.1) is 11.3 Å². The van der Waals surface area contributed by atoms with Crippen molar-refractivity contribution in [1.82, 2.24) is 9.97 Å². The summed E-state index contributed by atoms with van der Waals surface area (Å²) in [7, 11) is 0. The first-order chi connectivity index (χ1) is 11.4. The van der Waals surface area contributed by atoms with Crippen molar-refractivity contribution in [2.75, 3.05) is 5.32 Å². The maximum atomic E-state index is 12.4. The summed E-state index contributed by atoms with van der Waals surface area (Å²) in [4.78, 5) is 41.8. The van der Waals surface area contributed by atoms with Gasteiger partial charge in [-0.2, -0.15) is 0 Å². The van der Waals surface area contributed by atoms with Gasteiger partial charge in [0.15, 0.2) is 10.9 Å². The lowest BCUT2D eigenvalue weighted by Crippen LogP contribution is -2.12. The smallest absolute Gasteiger partial charge is 0.294 e. The number of carbonyl (C=O) groups excluding carboxylic acids is 2. The monoisotopic (exact) mass is 344 g/mol. The number of carbonyl (C=O) groups is 2. The van der Waals surface area contributed by atoms with Gasteiger partial charge in [-0.25, -0.2) is 4.98 Å². The number of nitro benzene ring substituents is 1. The minimum absolute atomic E-state index is 0.0888. The number of thiazole rings is 1. The SMILES string of the molecule is CC(=O)c1c(C)[nH]c2c([N+](=O)[O-])cc(C(=O)Nc3nccs3)cc12. The van der Waals surface area contributed by atoms with Gasteiger partial charge in [0.05, 0.1) is 4.92 Å². The summed E-state index contributed by atoms with van der Waals surface area (Å²) in [6, 6.07) is 2.66. The summed E-state index contributed by atoms with van der Waals surface area (Å²) in [5, 5.41) is 16.4. The van der Waals surface area contributed by atoms with E-state index in [2.05, 4.69) is 15.3 Å². The molecule has 0 aliphatic rings. The van der Waals surface area contributed by atoms with Gasteiger partial charge in [-0.05, 0) is 19.9 Å². The van der Waals surface area contributed by atoms with E-state index in [1.165, 1.54) is 36.6 Å². The average Bonchev–Trinajstić information content (AvgIpc) is 3.11. The van der Waals surface area contributed by atoms with Gasteiger partial charge in [0.2, 0.25) is 0 Å². The lowest BCUT2D eigenvalue weighted by Gasteiger charge is -2.04. The molecule has 0 fully saturated rings. The van der Waals surface area contributed by atoms with Crippen molar-refractivity contribution in [3.63, 3.8) is 0 Å². The number of benzene rings is 1. The van der Waals surface area contributed by atoms with Crippen LogP contribution in [0.25, 0.3) is 10.9 Å². The van der Waals surface area contributed by atoms with Crippen molar-refractivity contribution >= 4 is 44.7 Å².